The van der Waals surface area contributed by atoms with Gasteiger partial charge in [-0.15, -0.1) is 11.3 Å². The van der Waals surface area contributed by atoms with Crippen LogP contribution in [0, 0.1) is 0 Å². The molecule has 1 unspecified atom stereocenters. The van der Waals surface area contributed by atoms with Crippen molar-refractivity contribution in [3.63, 3.8) is 0 Å². The van der Waals surface area contributed by atoms with Crippen molar-refractivity contribution in [3.8, 4) is 11.5 Å². The van der Waals surface area contributed by atoms with Crippen molar-refractivity contribution >= 4 is 40.7 Å². The molecule has 1 atom stereocenters. The average molecular weight is 537 g/mol. The zero-order valence-corrected chi connectivity index (χ0v) is 22.3. The van der Waals surface area contributed by atoms with Crippen LogP contribution in [0.25, 0.3) is 17.5 Å². The Morgan fingerprint density at radius 1 is 0.895 bits per heavy atom. The van der Waals surface area contributed by atoms with E-state index >= 15 is 0 Å². The third-order valence-electron chi connectivity index (χ3n) is 6.00. The molecular weight excluding hydrogens is 508 g/mol. The summed E-state index contributed by atoms with van der Waals surface area (Å²) < 4.78 is 23.0. The fourth-order valence-electron chi connectivity index (χ4n) is 4.24. The molecule has 0 aliphatic carbocycles. The van der Waals surface area contributed by atoms with Gasteiger partial charge in [-0.2, -0.15) is 0 Å². The molecule has 0 saturated heterocycles. The van der Waals surface area contributed by atoms with Crippen molar-refractivity contribution in [1.82, 2.24) is 4.57 Å². The second-order valence-electron chi connectivity index (χ2n) is 8.19. The maximum absolute atomic E-state index is 13.6. The number of rotatable bonds is 8. The van der Waals surface area contributed by atoms with Crippen molar-refractivity contribution in [1.29, 1.82) is 0 Å². The Hall–Kier alpha value is -4.31. The zero-order valence-electron chi connectivity index (χ0n) is 21.5. The number of thiazole rings is 1. The molecule has 0 spiro atoms. The molecular formula is C28H28N2O7S. The topological polar surface area (TPSA) is 119 Å². The molecule has 0 radical (unpaired) electrons. The number of ether oxygens (including phenoxy) is 4. The number of hydrogen-bond acceptors (Lipinski definition) is 9. The lowest BCUT2D eigenvalue weighted by atomic mass is 9.83. The molecule has 198 valence electrons. The van der Waals surface area contributed by atoms with Gasteiger partial charge in [0.2, 0.25) is 0 Å². The van der Waals surface area contributed by atoms with Gasteiger partial charge >= 0.3 is 11.9 Å². The SMILES string of the molecule is CCOC(=O)C1=C(N)n2c(sc(=Cc3ccc(OC)cc3)c2=O)=C(C(=O)OCC)C1c1ccc(OC)cc1. The van der Waals surface area contributed by atoms with Crippen molar-refractivity contribution < 1.29 is 28.5 Å². The predicted molar refractivity (Wildman–Crippen MR) is 144 cm³/mol. The van der Waals surface area contributed by atoms with E-state index in [4.69, 9.17) is 24.7 Å². The Balaban J connectivity index is 2.06. The monoisotopic (exact) mass is 536 g/mol. The van der Waals surface area contributed by atoms with E-state index in [2.05, 4.69) is 0 Å². The van der Waals surface area contributed by atoms with Crippen molar-refractivity contribution in [2.45, 2.75) is 19.8 Å². The fraction of sp³-hybridized carbons (Fsp3) is 0.250. The number of carbonyl (C=O) groups is 2. The number of aromatic nitrogens is 1. The molecule has 2 N–H and O–H groups in total. The Morgan fingerprint density at radius 3 is 1.95 bits per heavy atom. The first kappa shape index (κ1) is 26.7. The second kappa shape index (κ2) is 11.4. The summed E-state index contributed by atoms with van der Waals surface area (Å²) >= 11 is 1.10. The van der Waals surface area contributed by atoms with E-state index in [1.54, 1.807) is 82.7 Å². The zero-order chi connectivity index (χ0) is 27.4. The van der Waals surface area contributed by atoms with E-state index in [9.17, 15) is 14.4 Å². The van der Waals surface area contributed by atoms with Crippen LogP contribution in [0.1, 0.15) is 30.9 Å². The Morgan fingerprint density at radius 2 is 1.42 bits per heavy atom. The number of nitrogens with two attached hydrogens (primary N) is 1. The number of benzene rings is 2. The molecule has 1 aliphatic heterocycles. The first-order valence-electron chi connectivity index (χ1n) is 11.9. The number of carbonyl (C=O) groups excluding carboxylic acids is 2. The van der Waals surface area contributed by atoms with Gasteiger partial charge in [-0.05, 0) is 55.3 Å². The van der Waals surface area contributed by atoms with Crippen LogP contribution in [0.5, 0.6) is 11.5 Å². The van der Waals surface area contributed by atoms with E-state index in [0.717, 1.165) is 16.9 Å². The smallest absolute Gasteiger partial charge is 0.338 e. The van der Waals surface area contributed by atoms with Gasteiger partial charge in [-0.25, -0.2) is 9.59 Å². The number of methoxy groups -OCH3 is 2. The summed E-state index contributed by atoms with van der Waals surface area (Å²) in [6.45, 7) is 3.54. The average Bonchev–Trinajstić information content (AvgIpc) is 3.24. The lowest BCUT2D eigenvalue weighted by Gasteiger charge is -2.27. The highest BCUT2D eigenvalue weighted by Gasteiger charge is 2.39. The van der Waals surface area contributed by atoms with Crippen molar-refractivity contribution in [2.75, 3.05) is 27.4 Å². The minimum absolute atomic E-state index is 0.0107. The Bertz CT molecular complexity index is 1570. The van der Waals surface area contributed by atoms with Gasteiger partial charge in [0.1, 0.15) is 22.0 Å². The van der Waals surface area contributed by atoms with E-state index in [1.807, 2.05) is 0 Å². The molecule has 2 heterocycles. The van der Waals surface area contributed by atoms with Gasteiger partial charge in [0, 0.05) is 0 Å². The Kier molecular flexibility index (Phi) is 8.02. The molecule has 3 aromatic rings. The maximum Gasteiger partial charge on any atom is 0.338 e. The summed E-state index contributed by atoms with van der Waals surface area (Å²) in [6.07, 6.45) is 1.69. The van der Waals surface area contributed by atoms with E-state index < -0.39 is 23.4 Å². The molecule has 9 nitrogen and oxygen atoms in total. The Labute approximate surface area is 223 Å². The van der Waals surface area contributed by atoms with Crippen LogP contribution in [-0.2, 0) is 19.1 Å². The third-order valence-corrected chi connectivity index (χ3v) is 7.11. The van der Waals surface area contributed by atoms with Crippen LogP contribution in [0.4, 0.5) is 0 Å². The fourth-order valence-corrected chi connectivity index (χ4v) is 5.41. The molecule has 10 heteroatoms. The first-order valence-corrected chi connectivity index (χ1v) is 12.8. The number of nitrogens with zero attached hydrogens (tertiary/aromatic N) is 1. The summed E-state index contributed by atoms with van der Waals surface area (Å²) in [5.74, 6) is -1.13. The highest BCUT2D eigenvalue weighted by Crippen LogP contribution is 2.38. The van der Waals surface area contributed by atoms with Crippen LogP contribution in [0.2, 0.25) is 0 Å². The third kappa shape index (κ3) is 4.95. The second-order valence-corrected chi connectivity index (χ2v) is 9.22. The van der Waals surface area contributed by atoms with Crippen LogP contribution in [0.3, 0.4) is 0 Å². The molecule has 0 fully saturated rings. The highest BCUT2D eigenvalue weighted by molar-refractivity contribution is 7.07. The minimum Gasteiger partial charge on any atom is -0.497 e. The van der Waals surface area contributed by atoms with E-state index in [1.165, 1.54) is 4.57 Å². The van der Waals surface area contributed by atoms with Gasteiger partial charge in [0.25, 0.3) is 5.56 Å². The van der Waals surface area contributed by atoms with Crippen LogP contribution >= 0.6 is 11.3 Å². The number of esters is 2. The standard InChI is InChI=1S/C28H28N2O7S/c1-5-36-27(32)22-21(17-9-13-19(35-4)14-10-17)23(28(33)37-6-2)26-30(24(22)29)25(31)20(38-26)15-16-7-11-18(34-3)12-8-16/h7-15,21H,5-6,29H2,1-4H3. The van der Waals surface area contributed by atoms with E-state index in [0.29, 0.717) is 26.3 Å². The normalized spacial score (nSPS) is 15.2. The summed E-state index contributed by atoms with van der Waals surface area (Å²) in [7, 11) is 3.11. The highest BCUT2D eigenvalue weighted by atomic mass is 32.1. The summed E-state index contributed by atoms with van der Waals surface area (Å²) in [4.78, 5) is 40.3. The molecule has 4 rings (SSSR count). The van der Waals surface area contributed by atoms with Gasteiger partial charge < -0.3 is 24.7 Å². The van der Waals surface area contributed by atoms with Crippen molar-refractivity contribution in [2.24, 2.45) is 5.73 Å². The van der Waals surface area contributed by atoms with Crippen LogP contribution in [-0.4, -0.2) is 43.9 Å². The van der Waals surface area contributed by atoms with E-state index in [-0.39, 0.29) is 30.2 Å². The lowest BCUT2D eigenvalue weighted by Crippen LogP contribution is -2.42. The molecule has 2 aromatic carbocycles. The summed E-state index contributed by atoms with van der Waals surface area (Å²) in [6, 6.07) is 14.1. The van der Waals surface area contributed by atoms with Gasteiger partial charge in [0.15, 0.2) is 0 Å². The number of hydrogen-bond donors (Lipinski definition) is 1. The molecule has 0 saturated carbocycles. The van der Waals surface area contributed by atoms with Gasteiger partial charge in [-0.1, -0.05) is 24.3 Å². The maximum atomic E-state index is 13.6. The number of fused-ring (bicyclic) bond motifs is 1. The minimum atomic E-state index is -0.925. The van der Waals surface area contributed by atoms with Gasteiger partial charge in [-0.3, -0.25) is 9.36 Å². The summed E-state index contributed by atoms with van der Waals surface area (Å²) in [5, 5.41) is 0. The lowest BCUT2D eigenvalue weighted by molar-refractivity contribution is -0.138. The quantitative estimate of drug-likeness (QED) is 0.434. The predicted octanol–water partition coefficient (Wildman–Crippen LogP) is 1.96. The first-order chi connectivity index (χ1) is 18.3. The molecule has 0 amide bonds. The molecule has 38 heavy (non-hydrogen) atoms. The molecule has 0 bridgehead atoms. The van der Waals surface area contributed by atoms with Crippen LogP contribution < -0.4 is 30.0 Å². The summed E-state index contributed by atoms with van der Waals surface area (Å²) in [5.41, 5.74) is 7.51. The van der Waals surface area contributed by atoms with Crippen molar-refractivity contribution in [3.05, 3.63) is 84.8 Å². The van der Waals surface area contributed by atoms with Gasteiger partial charge in [0.05, 0.1) is 49.0 Å². The van der Waals surface area contributed by atoms with Crippen LogP contribution in [0.15, 0.2) is 58.9 Å². The molecule has 1 aromatic heterocycles. The largest absolute Gasteiger partial charge is 0.497 e. The molecule has 1 aliphatic rings.